The van der Waals surface area contributed by atoms with Gasteiger partial charge in [-0.15, -0.1) is 11.3 Å². The van der Waals surface area contributed by atoms with Crippen molar-refractivity contribution in [2.75, 3.05) is 5.32 Å². The van der Waals surface area contributed by atoms with Crippen LogP contribution in [-0.4, -0.2) is 31.9 Å². The summed E-state index contributed by atoms with van der Waals surface area (Å²) >= 11 is 1.22. The Morgan fingerprint density at radius 2 is 1.82 bits per heavy atom. The van der Waals surface area contributed by atoms with Gasteiger partial charge in [-0.3, -0.25) is 10.1 Å². The fourth-order valence-corrected chi connectivity index (χ4v) is 1.63. The molecule has 0 spiro atoms. The summed E-state index contributed by atoms with van der Waals surface area (Å²) in [5, 5.41) is 13.3. The van der Waals surface area contributed by atoms with Gasteiger partial charge in [0.15, 0.2) is 16.5 Å². The van der Waals surface area contributed by atoms with E-state index in [2.05, 4.69) is 20.3 Å². The van der Waals surface area contributed by atoms with Crippen molar-refractivity contribution in [3.05, 3.63) is 35.4 Å². The zero-order valence-electron chi connectivity index (χ0n) is 8.32. The third-order valence-corrected chi connectivity index (χ3v) is 2.46. The van der Waals surface area contributed by atoms with Crippen LogP contribution >= 0.6 is 11.3 Å². The van der Waals surface area contributed by atoms with Gasteiger partial charge in [0.2, 0.25) is 0 Å². The Balaban J connectivity index is 2.28. The lowest BCUT2D eigenvalue weighted by atomic mass is 10.3. The summed E-state index contributed by atoms with van der Waals surface area (Å²) in [7, 11) is 0. The number of rotatable bonds is 3. The predicted octanol–water partition coefficient (Wildman–Crippen LogP) is 0.884. The van der Waals surface area contributed by atoms with Gasteiger partial charge in [0.1, 0.15) is 0 Å². The number of aromatic nitrogens is 3. The minimum absolute atomic E-state index is 0.241. The Bertz CT molecular complexity index is 555. The average molecular weight is 250 g/mol. The molecule has 2 rings (SSSR count). The van der Waals surface area contributed by atoms with Crippen LogP contribution in [0.3, 0.4) is 0 Å². The molecule has 0 atom stereocenters. The third kappa shape index (κ3) is 2.42. The molecule has 0 aliphatic carbocycles. The highest BCUT2D eigenvalue weighted by Crippen LogP contribution is 2.12. The SMILES string of the molecule is O=C(O)c1nccnc1C(=O)Nc1nccs1. The highest BCUT2D eigenvalue weighted by molar-refractivity contribution is 7.13. The fraction of sp³-hybridized carbons (Fsp3) is 0. The van der Waals surface area contributed by atoms with Crippen molar-refractivity contribution >= 4 is 28.3 Å². The Labute approximate surface area is 99.2 Å². The van der Waals surface area contributed by atoms with E-state index in [-0.39, 0.29) is 11.4 Å². The molecule has 2 heterocycles. The standard InChI is InChI=1S/C9H6N4O3S/c14-7(13-9-12-3-4-17-9)5-6(8(15)16)11-2-1-10-5/h1-4H,(H,15,16)(H,12,13,14). The number of carboxylic acids is 1. The molecule has 8 heteroatoms. The predicted molar refractivity (Wildman–Crippen MR) is 59.1 cm³/mol. The molecule has 2 aromatic heterocycles. The maximum Gasteiger partial charge on any atom is 0.356 e. The molecule has 2 aromatic rings. The van der Waals surface area contributed by atoms with Crippen LogP contribution in [0.2, 0.25) is 0 Å². The molecule has 0 saturated heterocycles. The summed E-state index contributed by atoms with van der Waals surface area (Å²) in [5.74, 6) is -1.95. The molecule has 0 saturated carbocycles. The molecule has 2 N–H and O–H groups in total. The van der Waals surface area contributed by atoms with Crippen molar-refractivity contribution in [1.29, 1.82) is 0 Å². The van der Waals surface area contributed by atoms with Gasteiger partial charge in [-0.1, -0.05) is 0 Å². The monoisotopic (exact) mass is 250 g/mol. The van der Waals surface area contributed by atoms with E-state index in [0.29, 0.717) is 5.13 Å². The molecule has 0 fully saturated rings. The first-order valence-electron chi connectivity index (χ1n) is 4.43. The number of carbonyl (C=O) groups excluding carboxylic acids is 1. The summed E-state index contributed by atoms with van der Waals surface area (Å²) in [4.78, 5) is 33.7. The van der Waals surface area contributed by atoms with Gasteiger partial charge in [-0.2, -0.15) is 0 Å². The number of amides is 1. The summed E-state index contributed by atoms with van der Waals surface area (Å²) in [6, 6.07) is 0. The number of hydrogen-bond donors (Lipinski definition) is 2. The molecule has 7 nitrogen and oxygen atoms in total. The van der Waals surface area contributed by atoms with E-state index in [1.807, 2.05) is 0 Å². The minimum atomic E-state index is -1.30. The second-order valence-electron chi connectivity index (χ2n) is 2.85. The van der Waals surface area contributed by atoms with Crippen molar-refractivity contribution in [2.24, 2.45) is 0 Å². The summed E-state index contributed by atoms with van der Waals surface area (Å²) < 4.78 is 0. The van der Waals surface area contributed by atoms with E-state index >= 15 is 0 Å². The van der Waals surface area contributed by atoms with Crippen LogP contribution in [0.5, 0.6) is 0 Å². The topological polar surface area (TPSA) is 105 Å². The van der Waals surface area contributed by atoms with Crippen LogP contribution in [0.4, 0.5) is 5.13 Å². The van der Waals surface area contributed by atoms with Crippen molar-refractivity contribution in [2.45, 2.75) is 0 Å². The lowest BCUT2D eigenvalue weighted by Gasteiger charge is -2.02. The maximum atomic E-state index is 11.7. The van der Waals surface area contributed by atoms with Crippen molar-refractivity contribution in [1.82, 2.24) is 15.0 Å². The average Bonchev–Trinajstić information content (AvgIpc) is 2.81. The van der Waals surface area contributed by atoms with E-state index in [1.165, 1.54) is 29.9 Å². The second kappa shape index (κ2) is 4.66. The first kappa shape index (κ1) is 11.1. The molecular formula is C9H6N4O3S. The number of carboxylic acid groups (broad SMARTS) is 1. The molecule has 0 bridgehead atoms. The van der Waals surface area contributed by atoms with Gasteiger partial charge >= 0.3 is 5.97 Å². The van der Waals surface area contributed by atoms with E-state index in [1.54, 1.807) is 5.38 Å². The molecular weight excluding hydrogens is 244 g/mol. The highest BCUT2D eigenvalue weighted by atomic mass is 32.1. The maximum absolute atomic E-state index is 11.7. The Kier molecular flexibility index (Phi) is 3.06. The van der Waals surface area contributed by atoms with Crippen LogP contribution in [0, 0.1) is 0 Å². The van der Waals surface area contributed by atoms with Gasteiger partial charge in [-0.25, -0.2) is 19.7 Å². The summed E-state index contributed by atoms with van der Waals surface area (Å²) in [6.45, 7) is 0. The number of nitrogens with one attached hydrogen (secondary N) is 1. The number of anilines is 1. The lowest BCUT2D eigenvalue weighted by molar-refractivity contribution is 0.0685. The van der Waals surface area contributed by atoms with E-state index in [0.717, 1.165) is 0 Å². The van der Waals surface area contributed by atoms with Crippen LogP contribution in [-0.2, 0) is 0 Å². The van der Waals surface area contributed by atoms with Gasteiger partial charge in [0, 0.05) is 24.0 Å². The third-order valence-electron chi connectivity index (χ3n) is 1.77. The Morgan fingerprint density at radius 3 is 2.41 bits per heavy atom. The number of carbonyl (C=O) groups is 2. The zero-order valence-corrected chi connectivity index (χ0v) is 9.14. The Hall–Kier alpha value is -2.35. The molecule has 0 aliphatic heterocycles. The second-order valence-corrected chi connectivity index (χ2v) is 3.74. The van der Waals surface area contributed by atoms with Gasteiger partial charge in [0.05, 0.1) is 0 Å². The zero-order chi connectivity index (χ0) is 12.3. The van der Waals surface area contributed by atoms with Gasteiger partial charge in [-0.05, 0) is 0 Å². The quantitative estimate of drug-likeness (QED) is 0.837. The molecule has 0 unspecified atom stereocenters. The number of hydrogen-bond acceptors (Lipinski definition) is 6. The fourth-order valence-electron chi connectivity index (χ4n) is 1.10. The first-order chi connectivity index (χ1) is 8.18. The highest BCUT2D eigenvalue weighted by Gasteiger charge is 2.19. The normalized spacial score (nSPS) is 9.88. The number of aromatic carboxylic acids is 1. The summed E-state index contributed by atoms with van der Waals surface area (Å²) in [6.07, 6.45) is 3.99. The van der Waals surface area contributed by atoms with Crippen molar-refractivity contribution in [3.8, 4) is 0 Å². The van der Waals surface area contributed by atoms with Gasteiger partial charge < -0.3 is 5.11 Å². The van der Waals surface area contributed by atoms with Crippen molar-refractivity contribution in [3.63, 3.8) is 0 Å². The molecule has 1 amide bonds. The molecule has 0 aliphatic rings. The van der Waals surface area contributed by atoms with Crippen LogP contribution < -0.4 is 5.32 Å². The molecule has 0 radical (unpaired) electrons. The Morgan fingerprint density at radius 1 is 1.12 bits per heavy atom. The molecule has 0 aromatic carbocycles. The largest absolute Gasteiger partial charge is 0.476 e. The molecule has 86 valence electrons. The van der Waals surface area contributed by atoms with Crippen LogP contribution in [0.15, 0.2) is 24.0 Å². The van der Waals surface area contributed by atoms with E-state index in [9.17, 15) is 9.59 Å². The minimum Gasteiger partial charge on any atom is -0.476 e. The van der Waals surface area contributed by atoms with Crippen molar-refractivity contribution < 1.29 is 14.7 Å². The first-order valence-corrected chi connectivity index (χ1v) is 5.31. The number of nitrogens with zero attached hydrogens (tertiary/aromatic N) is 3. The number of thiazole rings is 1. The summed E-state index contributed by atoms with van der Waals surface area (Å²) in [5.41, 5.74) is -0.628. The van der Waals surface area contributed by atoms with E-state index < -0.39 is 11.9 Å². The van der Waals surface area contributed by atoms with E-state index in [4.69, 9.17) is 5.11 Å². The lowest BCUT2D eigenvalue weighted by Crippen LogP contribution is -2.19. The van der Waals surface area contributed by atoms with Crippen LogP contribution in [0.1, 0.15) is 21.0 Å². The smallest absolute Gasteiger partial charge is 0.356 e. The molecule has 17 heavy (non-hydrogen) atoms. The van der Waals surface area contributed by atoms with Gasteiger partial charge in [0.25, 0.3) is 5.91 Å². The van der Waals surface area contributed by atoms with Crippen LogP contribution in [0.25, 0.3) is 0 Å².